The zero-order valence-electron chi connectivity index (χ0n) is 11.6. The monoisotopic (exact) mass is 330 g/mol. The number of halogens is 12. The van der Waals surface area contributed by atoms with Crippen molar-refractivity contribution in [2.24, 2.45) is 0 Å². The number of hydrogen-bond acceptors (Lipinski definition) is 0. The molecule has 0 atom stereocenters. The number of hydrogen-bond donors (Lipinski definition) is 0. The molecule has 0 spiro atoms. The summed E-state index contributed by atoms with van der Waals surface area (Å²) >= 11 is 0.868. The first-order valence-corrected chi connectivity index (χ1v) is 5.41. The maximum absolute atomic E-state index is 9.75. The van der Waals surface area contributed by atoms with Gasteiger partial charge in [-0.1, -0.05) is 0 Å². The summed E-state index contributed by atoms with van der Waals surface area (Å²) in [5.41, 5.74) is 0. The Morgan fingerprint density at radius 2 is 0.611 bits per heavy atom. The Bertz CT molecular complexity index is 145. The minimum absolute atomic E-state index is 0. The predicted molar refractivity (Wildman–Crippen MR) is 49.8 cm³/mol. The molecule has 0 radical (unpaired) electrons. The quantitative estimate of drug-likeness (QED) is 0.452. The summed E-state index contributed by atoms with van der Waals surface area (Å²) in [7, 11) is -18.0. The van der Waals surface area contributed by atoms with E-state index in [4.69, 9.17) is 0 Å². The van der Waals surface area contributed by atoms with Crippen LogP contribution in [0.1, 0.15) is 4.28 Å². The molecule has 16 heteroatoms. The molecule has 0 rings (SSSR count). The molecular weight excluding hydrogens is 324 g/mol. The van der Waals surface area contributed by atoms with Gasteiger partial charge < -0.3 is 51.8 Å². The van der Waals surface area contributed by atoms with Gasteiger partial charge in [-0.2, -0.15) is 0 Å². The van der Waals surface area contributed by atoms with Crippen LogP contribution < -0.4 is 0 Å². The van der Waals surface area contributed by atoms with Gasteiger partial charge in [0.05, 0.1) is 0 Å². The SMILES string of the molecule is C=[CH][K].F[B-](F)(F)F.F[B-](F)(F)F.F[B-](F)(F)F.[H+].[H+].[H+]. The van der Waals surface area contributed by atoms with Gasteiger partial charge in [0.25, 0.3) is 0 Å². The van der Waals surface area contributed by atoms with Crippen molar-refractivity contribution in [3.8, 4) is 0 Å². The van der Waals surface area contributed by atoms with Crippen molar-refractivity contribution >= 4 is 70.7 Å². The van der Waals surface area contributed by atoms with Crippen LogP contribution in [0, 0.1) is 0 Å². The zero-order chi connectivity index (χ0) is 16.2. The van der Waals surface area contributed by atoms with Crippen LogP contribution >= 0.6 is 0 Å². The second-order valence-corrected chi connectivity index (χ2v) is 3.17. The van der Waals surface area contributed by atoms with Crippen LogP contribution in [-0.4, -0.2) is 70.7 Å². The molecule has 0 aromatic heterocycles. The fraction of sp³-hybridized carbons (Fsp3) is 0. The normalized spacial score (nSPS) is 10.8. The third kappa shape index (κ3) is 7740. The molecule has 0 aliphatic carbocycles. The molecule has 0 aliphatic rings. The summed E-state index contributed by atoms with van der Waals surface area (Å²) in [6.07, 6.45) is 0. The van der Waals surface area contributed by atoms with Crippen molar-refractivity contribution in [1.82, 2.24) is 0 Å². The van der Waals surface area contributed by atoms with Crippen LogP contribution in [0.3, 0.4) is 0 Å². The summed E-state index contributed by atoms with van der Waals surface area (Å²) in [6, 6.07) is 0. The van der Waals surface area contributed by atoms with Crippen molar-refractivity contribution in [1.29, 1.82) is 0 Å². The van der Waals surface area contributed by atoms with E-state index in [0.29, 0.717) is 0 Å². The Hall–Kier alpha value is 0.731. The van der Waals surface area contributed by atoms with E-state index >= 15 is 0 Å². The molecule has 0 aliphatic heterocycles. The molecule has 0 N–H and O–H groups in total. The first-order valence-electron chi connectivity index (χ1n) is 3.60. The van der Waals surface area contributed by atoms with E-state index in [2.05, 4.69) is 6.58 Å². The van der Waals surface area contributed by atoms with E-state index < -0.39 is 21.8 Å². The Morgan fingerprint density at radius 3 is 0.611 bits per heavy atom. The van der Waals surface area contributed by atoms with Crippen LogP contribution in [0.15, 0.2) is 6.75 Å². The summed E-state index contributed by atoms with van der Waals surface area (Å²) in [6.45, 7) is 3.44. The molecule has 0 unspecified atom stereocenters. The molecule has 0 heterocycles. The van der Waals surface area contributed by atoms with Crippen LogP contribution in [0.5, 0.6) is 0 Å². The van der Waals surface area contributed by atoms with Gasteiger partial charge >= 0.3 is 81.7 Å². The predicted octanol–water partition coefficient (Wildman–Crippen LogP) is 4.54. The molecule has 0 aromatic carbocycles. The van der Waals surface area contributed by atoms with Gasteiger partial charge in [-0.05, 0) is 0 Å². The molecule has 0 aromatic rings. The Balaban J connectivity index is -0.0000000241. The van der Waals surface area contributed by atoms with Crippen molar-refractivity contribution in [3.05, 3.63) is 6.75 Å². The molecule has 0 fully saturated rings. The van der Waals surface area contributed by atoms with Crippen molar-refractivity contribution in [2.45, 2.75) is 0 Å². The smallest absolute Gasteiger partial charge is 0.418 e. The summed E-state index contributed by atoms with van der Waals surface area (Å²) in [5.74, 6) is 0. The van der Waals surface area contributed by atoms with Crippen molar-refractivity contribution < 1.29 is 56.1 Å². The van der Waals surface area contributed by atoms with Crippen LogP contribution in [0.2, 0.25) is 0 Å². The van der Waals surface area contributed by atoms with Gasteiger partial charge in [0.2, 0.25) is 0 Å². The molecule has 0 saturated heterocycles. The van der Waals surface area contributed by atoms with Gasteiger partial charge in [-0.25, -0.2) is 0 Å². The molecule has 18 heavy (non-hydrogen) atoms. The van der Waals surface area contributed by atoms with E-state index in [1.807, 2.05) is 0.171 Å². The summed E-state index contributed by atoms with van der Waals surface area (Å²) in [4.78, 5) is 0. The molecule has 0 saturated carbocycles. The van der Waals surface area contributed by atoms with E-state index in [-0.39, 0.29) is 4.28 Å². The maximum atomic E-state index is 9.75. The van der Waals surface area contributed by atoms with Gasteiger partial charge in [0.1, 0.15) is 0 Å². The van der Waals surface area contributed by atoms with Gasteiger partial charge in [0.15, 0.2) is 0 Å². The second kappa shape index (κ2) is 12.7. The minimum atomic E-state index is -6.00. The Labute approximate surface area is 133 Å². The van der Waals surface area contributed by atoms with Crippen LogP contribution in [-0.2, 0) is 0 Å². The first kappa shape index (κ1) is 27.1. The van der Waals surface area contributed by atoms with Gasteiger partial charge in [0, 0.05) is 0 Å². The van der Waals surface area contributed by atoms with E-state index in [0.717, 1.165) is 49.0 Å². The molecular formula is C2H6B3F12K. The fourth-order valence-corrected chi connectivity index (χ4v) is 0. The van der Waals surface area contributed by atoms with Gasteiger partial charge in [-0.3, -0.25) is 0 Å². The minimum Gasteiger partial charge on any atom is -0.418 e. The van der Waals surface area contributed by atoms with E-state index in [1.54, 1.807) is 0 Å². The average molecular weight is 330 g/mol. The maximum Gasteiger partial charge on any atom is 1.00 e. The average Bonchev–Trinajstić information content (AvgIpc) is 1.71. The fourth-order valence-electron chi connectivity index (χ4n) is 0. The first-order chi connectivity index (χ1) is 7.41. The molecule has 0 bridgehead atoms. The van der Waals surface area contributed by atoms with Crippen molar-refractivity contribution in [3.63, 3.8) is 0 Å². The summed E-state index contributed by atoms with van der Waals surface area (Å²) < 4.78 is 119. The van der Waals surface area contributed by atoms with Crippen LogP contribution in [0.25, 0.3) is 0 Å². The van der Waals surface area contributed by atoms with E-state index in [9.17, 15) is 51.8 Å². The topological polar surface area (TPSA) is 0 Å². The number of rotatable bonds is 0. The van der Waals surface area contributed by atoms with E-state index in [1.165, 1.54) is 0 Å². The molecule has 0 amide bonds. The van der Waals surface area contributed by atoms with Crippen LogP contribution in [0.4, 0.5) is 51.8 Å². The third-order valence-corrected chi connectivity index (χ3v) is 0. The molecule has 108 valence electrons. The largest absolute Gasteiger partial charge is 1.00 e. The molecule has 0 nitrogen and oxygen atoms in total. The zero-order valence-corrected chi connectivity index (χ0v) is 11.7. The standard InChI is InChI=1S/C2H3.3BF4.K/c1-2;3*2-1(3,4)5;/h1H,2H2;;;;/q;3*-1;/p+3. The second-order valence-electron chi connectivity index (χ2n) is 1.89. The Morgan fingerprint density at radius 1 is 0.611 bits per heavy atom. The van der Waals surface area contributed by atoms with Gasteiger partial charge in [-0.15, -0.1) is 0 Å². The Kier molecular flexibility index (Phi) is 19.2. The van der Waals surface area contributed by atoms with Crippen molar-refractivity contribution in [2.75, 3.05) is 0 Å². The summed E-state index contributed by atoms with van der Waals surface area (Å²) in [5, 5.41) is 0. The third-order valence-electron chi connectivity index (χ3n) is 0.